The van der Waals surface area contributed by atoms with E-state index in [9.17, 15) is 4.79 Å². The minimum absolute atomic E-state index is 0.147. The first-order valence-electron chi connectivity index (χ1n) is 6.01. The van der Waals surface area contributed by atoms with Crippen LogP contribution in [0.1, 0.15) is 17.7 Å². The number of methoxy groups -OCH3 is 1. The van der Waals surface area contributed by atoms with Gasteiger partial charge >= 0.3 is 0 Å². The monoisotopic (exact) mass is 339 g/mol. The zero-order valence-corrected chi connectivity index (χ0v) is 12.7. The summed E-state index contributed by atoms with van der Waals surface area (Å²) < 4.78 is 10.7. The molecule has 0 aliphatic heterocycles. The first-order valence-corrected chi connectivity index (χ1v) is 6.81. The maximum absolute atomic E-state index is 11.8. The Labute approximate surface area is 124 Å². The number of hydrogen-bond donors (Lipinski definition) is 1. The Kier molecular flexibility index (Phi) is 4.73. The van der Waals surface area contributed by atoms with Crippen molar-refractivity contribution in [3.8, 4) is 5.75 Å². The van der Waals surface area contributed by atoms with Crippen LogP contribution in [0.4, 0.5) is 5.82 Å². The summed E-state index contributed by atoms with van der Waals surface area (Å²) in [4.78, 5) is 11.8. The zero-order chi connectivity index (χ0) is 14.5. The fourth-order valence-electron chi connectivity index (χ4n) is 1.73. The van der Waals surface area contributed by atoms with Crippen LogP contribution in [0.25, 0.3) is 0 Å². The molecule has 2 aromatic rings. The molecule has 0 fully saturated rings. The zero-order valence-electron chi connectivity index (χ0n) is 11.1. The van der Waals surface area contributed by atoms with Crippen molar-refractivity contribution >= 4 is 27.7 Å². The topological polar surface area (TPSA) is 77.2 Å². The molecule has 1 heterocycles. The van der Waals surface area contributed by atoms with E-state index in [1.807, 2.05) is 18.2 Å². The Balaban J connectivity index is 1.97. The van der Waals surface area contributed by atoms with Crippen LogP contribution in [0, 0.1) is 6.92 Å². The summed E-state index contributed by atoms with van der Waals surface area (Å²) in [6, 6.07) is 5.70. The summed E-state index contributed by atoms with van der Waals surface area (Å²) in [5.41, 5.74) is 1.52. The summed E-state index contributed by atoms with van der Waals surface area (Å²) in [7, 11) is 1.61. The van der Waals surface area contributed by atoms with Gasteiger partial charge < -0.3 is 10.1 Å². The molecule has 0 aliphatic rings. The van der Waals surface area contributed by atoms with Crippen LogP contribution in [0.2, 0.25) is 0 Å². The van der Waals surface area contributed by atoms with Crippen molar-refractivity contribution in [1.29, 1.82) is 0 Å². The number of halogens is 1. The molecule has 0 saturated heterocycles. The third kappa shape index (κ3) is 3.57. The maximum Gasteiger partial charge on any atom is 0.226 e. The van der Waals surface area contributed by atoms with Crippen molar-refractivity contribution in [2.45, 2.75) is 19.8 Å². The molecule has 106 valence electrons. The van der Waals surface area contributed by atoms with E-state index in [0.717, 1.165) is 15.8 Å². The van der Waals surface area contributed by atoms with Gasteiger partial charge in [0.25, 0.3) is 0 Å². The Hall–Kier alpha value is -1.89. The van der Waals surface area contributed by atoms with E-state index in [1.54, 1.807) is 14.0 Å². The second-order valence-electron chi connectivity index (χ2n) is 4.20. The number of nitrogens with zero attached hydrogens (tertiary/aromatic N) is 2. The predicted octanol–water partition coefficient (Wildman–Crippen LogP) is 2.72. The third-order valence-electron chi connectivity index (χ3n) is 2.77. The van der Waals surface area contributed by atoms with E-state index in [1.165, 1.54) is 0 Å². The smallest absolute Gasteiger partial charge is 0.226 e. The van der Waals surface area contributed by atoms with Crippen molar-refractivity contribution < 1.29 is 14.2 Å². The molecular weight excluding hydrogens is 326 g/mol. The van der Waals surface area contributed by atoms with Crippen LogP contribution in [0.5, 0.6) is 5.75 Å². The van der Waals surface area contributed by atoms with Gasteiger partial charge in [-0.25, -0.2) is 4.63 Å². The Morgan fingerprint density at radius 2 is 2.25 bits per heavy atom. The van der Waals surface area contributed by atoms with Crippen LogP contribution in [-0.4, -0.2) is 23.3 Å². The van der Waals surface area contributed by atoms with Crippen LogP contribution in [0.3, 0.4) is 0 Å². The van der Waals surface area contributed by atoms with Crippen molar-refractivity contribution in [3.05, 3.63) is 33.9 Å². The molecule has 0 saturated carbocycles. The van der Waals surface area contributed by atoms with Gasteiger partial charge in [0.05, 0.1) is 7.11 Å². The molecule has 6 nitrogen and oxygen atoms in total. The van der Waals surface area contributed by atoms with Gasteiger partial charge in [-0.15, -0.1) is 0 Å². The number of anilines is 1. The van der Waals surface area contributed by atoms with E-state index in [0.29, 0.717) is 24.4 Å². The molecule has 7 heteroatoms. The van der Waals surface area contributed by atoms with Gasteiger partial charge in [-0.05, 0) is 42.3 Å². The fourth-order valence-corrected chi connectivity index (χ4v) is 2.14. The highest BCUT2D eigenvalue weighted by Gasteiger charge is 2.11. The van der Waals surface area contributed by atoms with Crippen molar-refractivity contribution in [2.24, 2.45) is 0 Å². The van der Waals surface area contributed by atoms with Gasteiger partial charge in [0.1, 0.15) is 11.4 Å². The van der Waals surface area contributed by atoms with Gasteiger partial charge in [-0.1, -0.05) is 21.1 Å². The first kappa shape index (κ1) is 14.5. The number of amides is 1. The Bertz CT molecular complexity index is 613. The molecule has 1 N–H and O–H groups in total. The second-order valence-corrected chi connectivity index (χ2v) is 5.12. The van der Waals surface area contributed by atoms with E-state index in [-0.39, 0.29) is 5.91 Å². The highest BCUT2D eigenvalue weighted by molar-refractivity contribution is 9.10. The summed E-state index contributed by atoms with van der Waals surface area (Å²) in [6.07, 6.45) is 0.887. The van der Waals surface area contributed by atoms with Gasteiger partial charge in [-0.2, -0.15) is 0 Å². The number of hydrogen-bond acceptors (Lipinski definition) is 5. The highest BCUT2D eigenvalue weighted by Crippen LogP contribution is 2.24. The molecular formula is C13H14BrN3O3. The largest absolute Gasteiger partial charge is 0.496 e. The lowest BCUT2D eigenvalue weighted by molar-refractivity contribution is -0.116. The number of rotatable bonds is 5. The molecule has 0 bridgehead atoms. The second kappa shape index (κ2) is 6.51. The lowest BCUT2D eigenvalue weighted by atomic mass is 10.1. The van der Waals surface area contributed by atoms with E-state index in [4.69, 9.17) is 4.74 Å². The maximum atomic E-state index is 11.8. The van der Waals surface area contributed by atoms with Gasteiger partial charge in [-0.3, -0.25) is 4.79 Å². The van der Waals surface area contributed by atoms with Crippen LogP contribution < -0.4 is 10.1 Å². The minimum Gasteiger partial charge on any atom is -0.496 e. The third-order valence-corrected chi connectivity index (χ3v) is 3.27. The number of carbonyl (C=O) groups excluding carboxylic acids is 1. The standard InChI is InChI=1S/C13H14BrN3O3/c1-8-13(17-20-16-8)15-12(18)6-3-9-7-10(14)4-5-11(9)19-2/h4-5,7H,3,6H2,1-2H3,(H,15,17,18). The number of carbonyl (C=O) groups is 1. The number of aromatic nitrogens is 2. The lowest BCUT2D eigenvalue weighted by Crippen LogP contribution is -2.13. The number of ether oxygens (including phenoxy) is 1. The van der Waals surface area contributed by atoms with Crippen LogP contribution >= 0.6 is 15.9 Å². The molecule has 0 spiro atoms. The lowest BCUT2D eigenvalue weighted by Gasteiger charge is -2.08. The molecule has 1 aromatic carbocycles. The quantitative estimate of drug-likeness (QED) is 0.906. The van der Waals surface area contributed by atoms with Gasteiger partial charge in [0, 0.05) is 10.9 Å². The molecule has 2 rings (SSSR count). The van der Waals surface area contributed by atoms with E-state index < -0.39 is 0 Å². The first-order chi connectivity index (χ1) is 9.60. The van der Waals surface area contributed by atoms with Crippen molar-refractivity contribution in [3.63, 3.8) is 0 Å². The highest BCUT2D eigenvalue weighted by atomic mass is 79.9. The summed E-state index contributed by atoms with van der Waals surface area (Å²) >= 11 is 3.40. The average molecular weight is 340 g/mol. The number of aryl methyl sites for hydroxylation is 2. The van der Waals surface area contributed by atoms with Crippen LogP contribution in [0.15, 0.2) is 27.3 Å². The summed E-state index contributed by atoms with van der Waals surface area (Å²) in [6.45, 7) is 1.71. The Morgan fingerprint density at radius 1 is 1.45 bits per heavy atom. The normalized spacial score (nSPS) is 10.3. The van der Waals surface area contributed by atoms with Gasteiger partial charge in [0.15, 0.2) is 5.82 Å². The summed E-state index contributed by atoms with van der Waals surface area (Å²) in [5, 5.41) is 9.86. The average Bonchev–Trinajstić information content (AvgIpc) is 2.82. The molecule has 0 aliphatic carbocycles. The molecule has 0 radical (unpaired) electrons. The molecule has 1 amide bonds. The predicted molar refractivity (Wildman–Crippen MR) is 76.7 cm³/mol. The van der Waals surface area contributed by atoms with E-state index in [2.05, 4.69) is 36.2 Å². The fraction of sp³-hybridized carbons (Fsp3) is 0.308. The van der Waals surface area contributed by atoms with Crippen molar-refractivity contribution in [1.82, 2.24) is 10.3 Å². The van der Waals surface area contributed by atoms with E-state index >= 15 is 0 Å². The molecule has 1 aromatic heterocycles. The van der Waals surface area contributed by atoms with Crippen LogP contribution in [-0.2, 0) is 11.2 Å². The number of nitrogens with one attached hydrogen (secondary N) is 1. The molecule has 0 unspecified atom stereocenters. The summed E-state index contributed by atoms with van der Waals surface area (Å²) in [5.74, 6) is 0.974. The molecule has 0 atom stereocenters. The Morgan fingerprint density at radius 3 is 2.90 bits per heavy atom. The SMILES string of the molecule is COc1ccc(Br)cc1CCC(=O)Nc1nonc1C. The molecule has 20 heavy (non-hydrogen) atoms. The minimum atomic E-state index is -0.147. The van der Waals surface area contributed by atoms with Crippen molar-refractivity contribution in [2.75, 3.05) is 12.4 Å². The number of benzene rings is 1. The van der Waals surface area contributed by atoms with Gasteiger partial charge in [0.2, 0.25) is 5.91 Å².